The lowest BCUT2D eigenvalue weighted by molar-refractivity contribution is -0.118. The number of para-hydroxylation sites is 1. The number of hydrogen-bond acceptors (Lipinski definition) is 4. The van der Waals surface area contributed by atoms with Crippen LogP contribution in [0.1, 0.15) is 15.9 Å². The third-order valence-electron chi connectivity index (χ3n) is 4.62. The Morgan fingerprint density at radius 2 is 1.81 bits per heavy atom. The molecule has 32 heavy (non-hydrogen) atoms. The van der Waals surface area contributed by atoms with Crippen molar-refractivity contribution in [2.24, 2.45) is 0 Å². The molecule has 0 radical (unpaired) electrons. The van der Waals surface area contributed by atoms with Gasteiger partial charge in [0.2, 0.25) is 0 Å². The Labute approximate surface area is 182 Å². The predicted molar refractivity (Wildman–Crippen MR) is 117 cm³/mol. The van der Waals surface area contributed by atoms with Crippen LogP contribution in [0.4, 0.5) is 26.2 Å². The van der Waals surface area contributed by atoms with E-state index in [-0.39, 0.29) is 24.6 Å². The molecule has 4 N–H and O–H groups in total. The third kappa shape index (κ3) is 5.01. The second kappa shape index (κ2) is 9.17. The predicted octanol–water partition coefficient (Wildman–Crippen LogP) is 3.73. The molecule has 4 amide bonds. The molecule has 4 rings (SSSR count). The van der Waals surface area contributed by atoms with Crippen LogP contribution in [0, 0.1) is 5.82 Å². The lowest BCUT2D eigenvalue weighted by Crippen LogP contribution is -2.30. The Bertz CT molecular complexity index is 1200. The van der Waals surface area contributed by atoms with Crippen LogP contribution in [0.15, 0.2) is 66.7 Å². The number of urea groups is 1. The Morgan fingerprint density at radius 1 is 1.00 bits per heavy atom. The number of rotatable bonds is 5. The molecular formula is C23H19FN4O4. The fraction of sp³-hybridized carbons (Fsp3) is 0.0870. The first-order valence-corrected chi connectivity index (χ1v) is 9.74. The van der Waals surface area contributed by atoms with Crippen molar-refractivity contribution < 1.29 is 23.5 Å². The molecule has 8 nitrogen and oxygen atoms in total. The largest absolute Gasteiger partial charge is 0.481 e. The van der Waals surface area contributed by atoms with Gasteiger partial charge in [0, 0.05) is 17.8 Å². The molecule has 9 heteroatoms. The molecule has 1 heterocycles. The van der Waals surface area contributed by atoms with Gasteiger partial charge in [-0.2, -0.15) is 0 Å². The van der Waals surface area contributed by atoms with Gasteiger partial charge in [-0.15, -0.1) is 0 Å². The summed E-state index contributed by atoms with van der Waals surface area (Å²) in [7, 11) is 0. The van der Waals surface area contributed by atoms with E-state index >= 15 is 0 Å². The van der Waals surface area contributed by atoms with Crippen LogP contribution in [0.25, 0.3) is 0 Å². The number of amides is 4. The van der Waals surface area contributed by atoms with Crippen molar-refractivity contribution in [3.63, 3.8) is 0 Å². The summed E-state index contributed by atoms with van der Waals surface area (Å²) in [5.74, 6) is -0.758. The number of carbonyl (C=O) groups is 3. The van der Waals surface area contributed by atoms with Gasteiger partial charge < -0.3 is 26.0 Å². The van der Waals surface area contributed by atoms with Crippen molar-refractivity contribution in [2.75, 3.05) is 22.6 Å². The van der Waals surface area contributed by atoms with E-state index < -0.39 is 17.8 Å². The van der Waals surface area contributed by atoms with E-state index in [4.69, 9.17) is 4.74 Å². The zero-order chi connectivity index (χ0) is 22.5. The minimum absolute atomic E-state index is 0.0747. The Morgan fingerprint density at radius 3 is 2.66 bits per heavy atom. The van der Waals surface area contributed by atoms with Gasteiger partial charge in [0.1, 0.15) is 17.3 Å². The molecule has 3 aromatic carbocycles. The monoisotopic (exact) mass is 434 g/mol. The van der Waals surface area contributed by atoms with Crippen LogP contribution in [-0.4, -0.2) is 24.5 Å². The average Bonchev–Trinajstić information content (AvgIpc) is 2.78. The molecule has 0 fully saturated rings. The smallest absolute Gasteiger partial charge is 0.319 e. The molecule has 1 aliphatic heterocycles. The van der Waals surface area contributed by atoms with E-state index in [0.717, 1.165) is 11.6 Å². The maximum absolute atomic E-state index is 13.3. The van der Waals surface area contributed by atoms with Crippen molar-refractivity contribution >= 4 is 34.9 Å². The minimum Gasteiger partial charge on any atom is -0.481 e. The van der Waals surface area contributed by atoms with Crippen LogP contribution in [0.2, 0.25) is 0 Å². The SMILES string of the molecule is O=C1COc2cccc(NC(=O)NCc3cccc(NC(=O)c4cccc(F)c4)c3)c2N1. The molecule has 0 saturated carbocycles. The number of anilines is 3. The Balaban J connectivity index is 1.36. The molecule has 0 aliphatic carbocycles. The highest BCUT2D eigenvalue weighted by atomic mass is 19.1. The number of carbonyl (C=O) groups excluding carboxylic acids is 3. The van der Waals surface area contributed by atoms with Crippen molar-refractivity contribution in [2.45, 2.75) is 6.54 Å². The molecule has 3 aromatic rings. The normalized spacial score (nSPS) is 12.1. The number of halogens is 1. The molecule has 0 spiro atoms. The summed E-state index contributed by atoms with van der Waals surface area (Å²) in [5.41, 5.74) is 2.26. The first-order valence-electron chi connectivity index (χ1n) is 9.74. The van der Waals surface area contributed by atoms with Gasteiger partial charge in [-0.25, -0.2) is 9.18 Å². The maximum Gasteiger partial charge on any atom is 0.319 e. The second-order valence-corrected chi connectivity index (χ2v) is 6.99. The van der Waals surface area contributed by atoms with Gasteiger partial charge in [0.15, 0.2) is 6.61 Å². The average molecular weight is 434 g/mol. The van der Waals surface area contributed by atoms with E-state index in [2.05, 4.69) is 21.3 Å². The molecule has 162 valence electrons. The Hall–Kier alpha value is -4.40. The van der Waals surface area contributed by atoms with Crippen LogP contribution in [-0.2, 0) is 11.3 Å². The quantitative estimate of drug-likeness (QED) is 0.491. The molecular weight excluding hydrogens is 415 g/mol. The van der Waals surface area contributed by atoms with E-state index in [0.29, 0.717) is 22.8 Å². The van der Waals surface area contributed by atoms with Gasteiger partial charge in [0.05, 0.1) is 5.69 Å². The molecule has 0 aromatic heterocycles. The summed E-state index contributed by atoms with van der Waals surface area (Å²) < 4.78 is 18.7. The maximum atomic E-state index is 13.3. The molecule has 0 atom stereocenters. The van der Waals surface area contributed by atoms with Crippen molar-refractivity contribution in [3.8, 4) is 5.75 Å². The van der Waals surface area contributed by atoms with E-state index in [9.17, 15) is 18.8 Å². The number of ether oxygens (including phenoxy) is 1. The van der Waals surface area contributed by atoms with Gasteiger partial charge in [0.25, 0.3) is 11.8 Å². The third-order valence-corrected chi connectivity index (χ3v) is 4.62. The second-order valence-electron chi connectivity index (χ2n) is 6.99. The summed E-state index contributed by atoms with van der Waals surface area (Å²) in [4.78, 5) is 36.2. The lowest BCUT2D eigenvalue weighted by Gasteiger charge is -2.21. The van der Waals surface area contributed by atoms with E-state index in [1.165, 1.54) is 18.2 Å². The number of hydrogen-bond donors (Lipinski definition) is 4. The van der Waals surface area contributed by atoms with Crippen LogP contribution >= 0.6 is 0 Å². The summed E-state index contributed by atoms with van der Waals surface area (Å²) >= 11 is 0. The summed E-state index contributed by atoms with van der Waals surface area (Å²) in [6.45, 7) is 0.113. The standard InChI is InChI=1S/C23H19FN4O4/c24-16-6-2-5-15(11-16)22(30)26-17-7-1-4-14(10-17)12-25-23(31)27-18-8-3-9-19-21(18)28-20(29)13-32-19/h1-11H,12-13H2,(H,26,30)(H,28,29)(H2,25,27,31). The van der Waals surface area contributed by atoms with E-state index in [1.807, 2.05) is 0 Å². The van der Waals surface area contributed by atoms with Gasteiger partial charge in [-0.05, 0) is 48.0 Å². The first kappa shape index (κ1) is 20.9. The van der Waals surface area contributed by atoms with Gasteiger partial charge in [-0.3, -0.25) is 9.59 Å². The summed E-state index contributed by atoms with van der Waals surface area (Å²) in [5, 5.41) is 10.8. The number of nitrogens with one attached hydrogen (secondary N) is 4. The van der Waals surface area contributed by atoms with Crippen LogP contribution < -0.4 is 26.0 Å². The molecule has 0 unspecified atom stereocenters. The summed E-state index contributed by atoms with van der Waals surface area (Å²) in [6.07, 6.45) is 0. The van der Waals surface area contributed by atoms with E-state index in [1.54, 1.807) is 42.5 Å². The fourth-order valence-electron chi connectivity index (χ4n) is 3.14. The lowest BCUT2D eigenvalue weighted by atomic mass is 10.1. The zero-order valence-electron chi connectivity index (χ0n) is 16.8. The van der Waals surface area contributed by atoms with Gasteiger partial charge >= 0.3 is 6.03 Å². The summed E-state index contributed by atoms with van der Waals surface area (Å²) in [6, 6.07) is 16.9. The fourth-order valence-corrected chi connectivity index (χ4v) is 3.14. The number of benzene rings is 3. The molecule has 0 bridgehead atoms. The van der Waals surface area contributed by atoms with Crippen molar-refractivity contribution in [1.29, 1.82) is 0 Å². The van der Waals surface area contributed by atoms with Gasteiger partial charge in [-0.1, -0.05) is 24.3 Å². The first-order chi connectivity index (χ1) is 15.5. The van der Waals surface area contributed by atoms with Crippen molar-refractivity contribution in [3.05, 3.63) is 83.7 Å². The topological polar surface area (TPSA) is 109 Å². The highest BCUT2D eigenvalue weighted by molar-refractivity contribution is 6.04. The van der Waals surface area contributed by atoms with Crippen LogP contribution in [0.5, 0.6) is 5.75 Å². The number of fused-ring (bicyclic) bond motifs is 1. The molecule has 0 saturated heterocycles. The zero-order valence-corrected chi connectivity index (χ0v) is 16.8. The van der Waals surface area contributed by atoms with Crippen molar-refractivity contribution in [1.82, 2.24) is 5.32 Å². The minimum atomic E-state index is -0.493. The highest BCUT2D eigenvalue weighted by Gasteiger charge is 2.19. The molecule has 1 aliphatic rings. The van der Waals surface area contributed by atoms with Crippen LogP contribution in [0.3, 0.4) is 0 Å². The Kier molecular flexibility index (Phi) is 5.98. The highest BCUT2D eigenvalue weighted by Crippen LogP contribution is 2.34.